The van der Waals surface area contributed by atoms with Crippen molar-refractivity contribution in [3.8, 4) is 0 Å². The molecule has 0 radical (unpaired) electrons. The summed E-state index contributed by atoms with van der Waals surface area (Å²) in [5, 5.41) is 0. The molecule has 84 valence electrons. The lowest BCUT2D eigenvalue weighted by Gasteiger charge is -2.16. The largest absolute Gasteiger partial charge is 0.744 e. The lowest BCUT2D eigenvalue weighted by molar-refractivity contribution is 0.463. The highest BCUT2D eigenvalue weighted by molar-refractivity contribution is 7.86. The molecular weight excluding hydrogens is 214 g/mol. The molecule has 0 atom stereocenters. The monoisotopic (exact) mass is 228 g/mol. The van der Waals surface area contributed by atoms with Crippen LogP contribution in [0.4, 0.5) is 5.69 Å². The van der Waals surface area contributed by atoms with E-state index < -0.39 is 10.1 Å². The van der Waals surface area contributed by atoms with Crippen LogP contribution < -0.4 is 5.73 Å². The number of aryl methyl sites for hydroxylation is 1. The molecule has 1 aromatic carbocycles. The Balaban J connectivity index is 3.46. The zero-order chi connectivity index (χ0) is 11.8. The van der Waals surface area contributed by atoms with Crippen molar-refractivity contribution in [2.75, 3.05) is 5.73 Å². The molecule has 2 N–H and O–H groups in total. The third kappa shape index (κ3) is 2.49. The molecule has 0 fully saturated rings. The summed E-state index contributed by atoms with van der Waals surface area (Å²) in [4.78, 5) is -0.329. The normalized spacial score (nSPS) is 12.1. The van der Waals surface area contributed by atoms with Crippen molar-refractivity contribution >= 4 is 15.8 Å². The van der Waals surface area contributed by atoms with Crippen molar-refractivity contribution in [3.05, 3.63) is 23.3 Å². The SMILES string of the molecule is Cc1cc(S(=O)(=O)[O-])c(N)cc1C(C)C. The molecule has 0 unspecified atom stereocenters. The molecule has 1 rings (SSSR count). The van der Waals surface area contributed by atoms with Gasteiger partial charge in [0.1, 0.15) is 10.1 Å². The Kier molecular flexibility index (Phi) is 3.06. The van der Waals surface area contributed by atoms with Crippen LogP contribution in [-0.2, 0) is 10.1 Å². The highest BCUT2D eigenvalue weighted by Crippen LogP contribution is 2.27. The molecule has 1 aromatic rings. The number of anilines is 1. The number of nitrogen functional groups attached to an aromatic ring is 1. The van der Waals surface area contributed by atoms with Gasteiger partial charge in [0.05, 0.1) is 4.90 Å². The predicted octanol–water partition coefficient (Wildman–Crippen LogP) is 1.60. The summed E-state index contributed by atoms with van der Waals surface area (Å²) in [5.41, 5.74) is 7.29. The topological polar surface area (TPSA) is 83.2 Å². The molecule has 0 saturated heterocycles. The van der Waals surface area contributed by atoms with Crippen LogP contribution >= 0.6 is 0 Å². The Bertz CT molecular complexity index is 478. The second-order valence-electron chi connectivity index (χ2n) is 3.86. The fourth-order valence-corrected chi connectivity index (χ4v) is 2.22. The van der Waals surface area contributed by atoms with E-state index in [1.807, 2.05) is 13.8 Å². The minimum Gasteiger partial charge on any atom is -0.744 e. The molecule has 0 saturated carbocycles. The first-order chi connectivity index (χ1) is 6.73. The van der Waals surface area contributed by atoms with Gasteiger partial charge in [-0.1, -0.05) is 13.8 Å². The maximum absolute atomic E-state index is 10.9. The summed E-state index contributed by atoms with van der Waals surface area (Å²) in [5.74, 6) is 0.246. The highest BCUT2D eigenvalue weighted by Gasteiger charge is 2.11. The van der Waals surface area contributed by atoms with Crippen LogP contribution in [0.2, 0.25) is 0 Å². The first-order valence-electron chi connectivity index (χ1n) is 4.59. The van der Waals surface area contributed by atoms with Gasteiger partial charge in [-0.25, -0.2) is 8.42 Å². The van der Waals surface area contributed by atoms with Crippen LogP contribution in [0.15, 0.2) is 17.0 Å². The van der Waals surface area contributed by atoms with E-state index in [0.717, 1.165) is 11.1 Å². The zero-order valence-corrected chi connectivity index (χ0v) is 9.76. The van der Waals surface area contributed by atoms with E-state index in [-0.39, 0.29) is 16.5 Å². The zero-order valence-electron chi connectivity index (χ0n) is 8.94. The maximum atomic E-state index is 10.9. The van der Waals surface area contributed by atoms with Crippen molar-refractivity contribution in [1.29, 1.82) is 0 Å². The van der Waals surface area contributed by atoms with Gasteiger partial charge in [0.25, 0.3) is 0 Å². The van der Waals surface area contributed by atoms with Crippen LogP contribution in [0.3, 0.4) is 0 Å². The van der Waals surface area contributed by atoms with Crippen LogP contribution in [-0.4, -0.2) is 13.0 Å². The molecule has 0 amide bonds. The van der Waals surface area contributed by atoms with Crippen LogP contribution in [0.25, 0.3) is 0 Å². The van der Waals surface area contributed by atoms with Gasteiger partial charge in [0.2, 0.25) is 0 Å². The van der Waals surface area contributed by atoms with Gasteiger partial charge in [-0.3, -0.25) is 0 Å². The first kappa shape index (κ1) is 12.0. The van der Waals surface area contributed by atoms with E-state index in [4.69, 9.17) is 5.73 Å². The fraction of sp³-hybridized carbons (Fsp3) is 0.400. The van der Waals surface area contributed by atoms with Crippen molar-refractivity contribution < 1.29 is 13.0 Å². The average Bonchev–Trinajstić information content (AvgIpc) is 2.06. The fourth-order valence-electron chi connectivity index (χ4n) is 1.55. The van der Waals surface area contributed by atoms with Crippen molar-refractivity contribution in [3.63, 3.8) is 0 Å². The summed E-state index contributed by atoms with van der Waals surface area (Å²) >= 11 is 0. The molecule has 0 aliphatic rings. The van der Waals surface area contributed by atoms with Crippen molar-refractivity contribution in [1.82, 2.24) is 0 Å². The number of rotatable bonds is 2. The van der Waals surface area contributed by atoms with Crippen LogP contribution in [0.5, 0.6) is 0 Å². The van der Waals surface area contributed by atoms with E-state index in [9.17, 15) is 13.0 Å². The standard InChI is InChI=1S/C10H15NO3S/c1-6(2)8-5-9(11)10(4-7(8)3)15(12,13)14/h4-6H,11H2,1-3H3,(H,12,13,14)/p-1. The number of benzene rings is 1. The highest BCUT2D eigenvalue weighted by atomic mass is 32.2. The van der Waals surface area contributed by atoms with Crippen LogP contribution in [0.1, 0.15) is 30.9 Å². The number of hydrogen-bond acceptors (Lipinski definition) is 4. The van der Waals surface area contributed by atoms with Gasteiger partial charge >= 0.3 is 0 Å². The second kappa shape index (κ2) is 3.83. The van der Waals surface area contributed by atoms with Gasteiger partial charge in [0.15, 0.2) is 0 Å². The quantitative estimate of drug-likeness (QED) is 0.615. The third-order valence-corrected chi connectivity index (χ3v) is 3.18. The van der Waals surface area contributed by atoms with Crippen LogP contribution in [0, 0.1) is 6.92 Å². The average molecular weight is 228 g/mol. The van der Waals surface area contributed by atoms with E-state index >= 15 is 0 Å². The Labute approximate surface area is 89.9 Å². The van der Waals surface area contributed by atoms with Gasteiger partial charge in [-0.05, 0) is 36.1 Å². The molecule has 15 heavy (non-hydrogen) atoms. The molecule has 0 aromatic heterocycles. The Morgan fingerprint density at radius 3 is 2.27 bits per heavy atom. The van der Waals surface area contributed by atoms with E-state index in [1.54, 1.807) is 13.0 Å². The summed E-state index contributed by atoms with van der Waals surface area (Å²) in [6.45, 7) is 5.73. The number of nitrogens with two attached hydrogens (primary N) is 1. The number of hydrogen-bond donors (Lipinski definition) is 1. The first-order valence-corrected chi connectivity index (χ1v) is 6.00. The lowest BCUT2D eigenvalue weighted by atomic mass is 9.97. The van der Waals surface area contributed by atoms with Gasteiger partial charge < -0.3 is 10.3 Å². The summed E-state index contributed by atoms with van der Waals surface area (Å²) in [6, 6.07) is 2.90. The maximum Gasteiger partial charge on any atom is 0.126 e. The minimum absolute atomic E-state index is 0.0271. The molecule has 5 heteroatoms. The molecule has 0 heterocycles. The van der Waals surface area contributed by atoms with Gasteiger partial charge in [0, 0.05) is 5.69 Å². The predicted molar refractivity (Wildman–Crippen MR) is 57.6 cm³/mol. The summed E-state index contributed by atoms with van der Waals surface area (Å²) < 4.78 is 32.6. The second-order valence-corrected chi connectivity index (χ2v) is 5.20. The Morgan fingerprint density at radius 2 is 1.87 bits per heavy atom. The smallest absolute Gasteiger partial charge is 0.126 e. The van der Waals surface area contributed by atoms with Gasteiger partial charge in [-0.2, -0.15) is 0 Å². The molecule has 0 aliphatic heterocycles. The minimum atomic E-state index is -4.47. The summed E-state index contributed by atoms with van der Waals surface area (Å²) in [7, 11) is -4.47. The Morgan fingerprint density at radius 1 is 1.33 bits per heavy atom. The van der Waals surface area contributed by atoms with E-state index in [1.165, 1.54) is 6.07 Å². The van der Waals surface area contributed by atoms with Crippen molar-refractivity contribution in [2.45, 2.75) is 31.6 Å². The third-order valence-electron chi connectivity index (χ3n) is 2.29. The summed E-state index contributed by atoms with van der Waals surface area (Å²) in [6.07, 6.45) is 0. The van der Waals surface area contributed by atoms with E-state index in [0.29, 0.717) is 0 Å². The molecule has 0 spiro atoms. The van der Waals surface area contributed by atoms with Crippen molar-refractivity contribution in [2.24, 2.45) is 0 Å². The Hall–Kier alpha value is -1.07. The molecule has 0 aliphatic carbocycles. The molecule has 0 bridgehead atoms. The van der Waals surface area contributed by atoms with Gasteiger partial charge in [-0.15, -0.1) is 0 Å². The lowest BCUT2D eigenvalue weighted by Crippen LogP contribution is -2.06. The molecule has 4 nitrogen and oxygen atoms in total. The molecular formula is C10H14NO3S-. The van der Waals surface area contributed by atoms with E-state index in [2.05, 4.69) is 0 Å².